The summed E-state index contributed by atoms with van der Waals surface area (Å²) in [4.78, 5) is 15.9. The molecule has 0 saturated carbocycles. The lowest BCUT2D eigenvalue weighted by Gasteiger charge is -2.25. The Morgan fingerprint density at radius 1 is 0.909 bits per heavy atom. The smallest absolute Gasteiger partial charge is 0.292 e. The fourth-order valence-electron chi connectivity index (χ4n) is 4.37. The molecule has 0 unspecified atom stereocenters. The van der Waals surface area contributed by atoms with Crippen molar-refractivity contribution in [3.8, 4) is 0 Å². The molecule has 172 valence electrons. The zero-order valence-corrected chi connectivity index (χ0v) is 18.6. The van der Waals surface area contributed by atoms with Crippen LogP contribution in [-0.4, -0.2) is 49.2 Å². The molecule has 1 heterocycles. The molecule has 1 aliphatic rings. The molecule has 0 bridgehead atoms. The highest BCUT2D eigenvalue weighted by atomic mass is 19.1. The normalized spacial score (nSPS) is 14.8. The van der Waals surface area contributed by atoms with Crippen molar-refractivity contribution < 1.29 is 9.31 Å². The predicted molar refractivity (Wildman–Crippen MR) is 131 cm³/mol. The van der Waals surface area contributed by atoms with E-state index in [1.54, 1.807) is 6.07 Å². The van der Waals surface area contributed by atoms with Gasteiger partial charge in [-0.1, -0.05) is 60.7 Å². The van der Waals surface area contributed by atoms with Crippen LogP contribution in [0.1, 0.15) is 23.6 Å². The second-order valence-electron chi connectivity index (χ2n) is 8.23. The third-order valence-corrected chi connectivity index (χ3v) is 6.10. The molecule has 0 atom stereocenters. The van der Waals surface area contributed by atoms with Crippen LogP contribution in [0.25, 0.3) is 0 Å². The van der Waals surface area contributed by atoms with E-state index in [2.05, 4.69) is 15.1 Å². The van der Waals surface area contributed by atoms with E-state index < -0.39 is 0 Å². The van der Waals surface area contributed by atoms with Gasteiger partial charge >= 0.3 is 0 Å². The fourth-order valence-corrected chi connectivity index (χ4v) is 4.37. The van der Waals surface area contributed by atoms with Crippen molar-refractivity contribution in [3.63, 3.8) is 0 Å². The minimum atomic E-state index is -0.343. The summed E-state index contributed by atoms with van der Waals surface area (Å²) in [6, 6.07) is 24.9. The second kappa shape index (κ2) is 10.9. The Balaban J connectivity index is 1.66. The summed E-state index contributed by atoms with van der Waals surface area (Å²) in [7, 11) is 0. The number of halogens is 1. The number of nitro groups is 1. The fraction of sp³-hybridized carbons (Fsp3) is 0.308. The average Bonchev–Trinajstić information content (AvgIpc) is 3.09. The van der Waals surface area contributed by atoms with Gasteiger partial charge in [0.15, 0.2) is 0 Å². The van der Waals surface area contributed by atoms with Crippen LogP contribution in [0.5, 0.6) is 0 Å². The van der Waals surface area contributed by atoms with Crippen molar-refractivity contribution in [3.05, 3.63) is 100 Å². The Morgan fingerprint density at radius 3 is 2.18 bits per heavy atom. The monoisotopic (exact) mass is 448 g/mol. The molecule has 1 aliphatic heterocycles. The Bertz CT molecular complexity index is 1010. The van der Waals surface area contributed by atoms with Crippen molar-refractivity contribution in [1.29, 1.82) is 0 Å². The molecule has 3 aromatic carbocycles. The zero-order valence-electron chi connectivity index (χ0n) is 18.6. The minimum absolute atomic E-state index is 0.0458. The molecule has 7 heteroatoms. The lowest BCUT2D eigenvalue weighted by Crippen LogP contribution is -2.32. The number of nitrogens with one attached hydrogen (secondary N) is 1. The van der Waals surface area contributed by atoms with Gasteiger partial charge in [0.2, 0.25) is 0 Å². The number of nitrogens with zero attached hydrogens (tertiary/aromatic N) is 3. The SMILES string of the molecule is O=[N+]([O-])c1ccc(N2CCCN(CCF)CC2)cc1NC(c1ccccc1)c1ccccc1. The number of hydrogen-bond acceptors (Lipinski definition) is 5. The summed E-state index contributed by atoms with van der Waals surface area (Å²) in [6.45, 7) is 3.35. The van der Waals surface area contributed by atoms with Gasteiger partial charge in [-0.2, -0.15) is 0 Å². The average molecular weight is 449 g/mol. The van der Waals surface area contributed by atoms with Crippen LogP contribution in [-0.2, 0) is 0 Å². The summed E-state index contributed by atoms with van der Waals surface area (Å²) in [5, 5.41) is 15.3. The largest absolute Gasteiger partial charge is 0.370 e. The number of benzene rings is 3. The molecule has 1 N–H and O–H groups in total. The van der Waals surface area contributed by atoms with Gasteiger partial charge in [-0.05, 0) is 36.2 Å². The maximum Gasteiger partial charge on any atom is 0.292 e. The van der Waals surface area contributed by atoms with Gasteiger partial charge in [-0.25, -0.2) is 4.39 Å². The molecule has 3 aromatic rings. The Hall–Kier alpha value is -3.45. The lowest BCUT2D eigenvalue weighted by molar-refractivity contribution is -0.384. The molecular formula is C26H29FN4O2. The lowest BCUT2D eigenvalue weighted by atomic mass is 9.98. The van der Waals surface area contributed by atoms with Crippen molar-refractivity contribution in [2.24, 2.45) is 0 Å². The van der Waals surface area contributed by atoms with Crippen molar-refractivity contribution in [1.82, 2.24) is 4.90 Å². The molecule has 4 rings (SSSR count). The molecular weight excluding hydrogens is 419 g/mol. The third kappa shape index (κ3) is 5.68. The van der Waals surface area contributed by atoms with Crippen LogP contribution in [0.2, 0.25) is 0 Å². The zero-order chi connectivity index (χ0) is 23.0. The molecule has 6 nitrogen and oxygen atoms in total. The van der Waals surface area contributed by atoms with Gasteiger partial charge in [0.25, 0.3) is 5.69 Å². The topological polar surface area (TPSA) is 61.7 Å². The van der Waals surface area contributed by atoms with Crippen molar-refractivity contribution in [2.45, 2.75) is 12.5 Å². The van der Waals surface area contributed by atoms with Gasteiger partial charge in [0, 0.05) is 37.9 Å². The minimum Gasteiger partial charge on any atom is -0.370 e. The van der Waals surface area contributed by atoms with Crippen LogP contribution in [0.3, 0.4) is 0 Å². The highest BCUT2D eigenvalue weighted by Gasteiger charge is 2.22. The molecule has 0 spiro atoms. The quantitative estimate of drug-likeness (QED) is 0.375. The highest BCUT2D eigenvalue weighted by Crippen LogP contribution is 2.35. The van der Waals surface area contributed by atoms with Gasteiger partial charge in [-0.15, -0.1) is 0 Å². The van der Waals surface area contributed by atoms with E-state index >= 15 is 0 Å². The first-order chi connectivity index (χ1) is 16.2. The summed E-state index contributed by atoms with van der Waals surface area (Å²) >= 11 is 0. The maximum absolute atomic E-state index is 12.8. The highest BCUT2D eigenvalue weighted by molar-refractivity contribution is 5.70. The van der Waals surface area contributed by atoms with Gasteiger partial charge in [-0.3, -0.25) is 15.0 Å². The standard InChI is InChI=1S/C26H29FN4O2/c27-14-17-29-15-7-16-30(19-18-29)23-12-13-25(31(32)33)24(20-23)28-26(21-8-3-1-4-9-21)22-10-5-2-6-11-22/h1-6,8-13,20,26,28H,7,14-19H2. The van der Waals surface area contributed by atoms with E-state index in [0.29, 0.717) is 12.2 Å². The number of nitro benzene ring substituents is 1. The molecule has 0 aliphatic carbocycles. The number of alkyl halides is 1. The van der Waals surface area contributed by atoms with E-state index in [0.717, 1.165) is 49.4 Å². The number of hydrogen-bond donors (Lipinski definition) is 1. The predicted octanol–water partition coefficient (Wildman–Crippen LogP) is 5.28. The Morgan fingerprint density at radius 2 is 1.58 bits per heavy atom. The molecule has 0 radical (unpaired) electrons. The number of anilines is 2. The Kier molecular flexibility index (Phi) is 7.52. The van der Waals surface area contributed by atoms with Crippen LogP contribution < -0.4 is 10.2 Å². The van der Waals surface area contributed by atoms with Gasteiger partial charge in [0.05, 0.1) is 11.0 Å². The van der Waals surface area contributed by atoms with Crippen molar-refractivity contribution in [2.75, 3.05) is 49.6 Å². The summed E-state index contributed by atoms with van der Waals surface area (Å²) in [6.07, 6.45) is 0.927. The first kappa shape index (κ1) is 22.7. The second-order valence-corrected chi connectivity index (χ2v) is 8.23. The van der Waals surface area contributed by atoms with Crippen LogP contribution in [0.4, 0.5) is 21.5 Å². The van der Waals surface area contributed by atoms with Crippen LogP contribution in [0.15, 0.2) is 78.9 Å². The van der Waals surface area contributed by atoms with Crippen molar-refractivity contribution >= 4 is 17.1 Å². The number of rotatable bonds is 8. The van der Waals surface area contributed by atoms with Gasteiger partial charge in [0.1, 0.15) is 12.4 Å². The summed E-state index contributed by atoms with van der Waals surface area (Å²) in [5.41, 5.74) is 3.52. The summed E-state index contributed by atoms with van der Waals surface area (Å²) in [5.74, 6) is 0. The molecule has 33 heavy (non-hydrogen) atoms. The molecule has 0 aromatic heterocycles. The van der Waals surface area contributed by atoms with Crippen LogP contribution in [0, 0.1) is 10.1 Å². The van der Waals surface area contributed by atoms with Crippen LogP contribution >= 0.6 is 0 Å². The van der Waals surface area contributed by atoms with E-state index in [1.165, 1.54) is 0 Å². The molecule has 1 saturated heterocycles. The molecule has 0 amide bonds. The van der Waals surface area contributed by atoms with E-state index in [-0.39, 0.29) is 23.3 Å². The maximum atomic E-state index is 12.8. The van der Waals surface area contributed by atoms with Gasteiger partial charge < -0.3 is 10.2 Å². The first-order valence-electron chi connectivity index (χ1n) is 11.3. The van der Waals surface area contributed by atoms with E-state index in [1.807, 2.05) is 72.8 Å². The third-order valence-electron chi connectivity index (χ3n) is 6.10. The Labute approximate surface area is 193 Å². The molecule has 1 fully saturated rings. The summed E-state index contributed by atoms with van der Waals surface area (Å²) < 4.78 is 12.8. The first-order valence-corrected chi connectivity index (χ1v) is 11.3. The van der Waals surface area contributed by atoms with E-state index in [9.17, 15) is 14.5 Å². The van der Waals surface area contributed by atoms with E-state index in [4.69, 9.17) is 0 Å².